The Morgan fingerprint density at radius 1 is 1.40 bits per heavy atom. The molecular formula is C14H16N4O2. The van der Waals surface area contributed by atoms with Crippen LogP contribution < -0.4 is 10.1 Å². The predicted molar refractivity (Wildman–Crippen MR) is 73.9 cm³/mol. The molecule has 0 saturated heterocycles. The van der Waals surface area contributed by atoms with Gasteiger partial charge in [0.15, 0.2) is 0 Å². The molecule has 0 bridgehead atoms. The Kier molecular flexibility index (Phi) is 3.37. The normalized spacial score (nSPS) is 14.1. The number of rotatable bonds is 5. The molecule has 1 aromatic heterocycles. The van der Waals surface area contributed by atoms with Crippen LogP contribution in [0.2, 0.25) is 0 Å². The maximum absolute atomic E-state index is 12.0. The Balaban J connectivity index is 1.64. The molecule has 0 aliphatic heterocycles. The minimum absolute atomic E-state index is 0.181. The Morgan fingerprint density at radius 2 is 2.15 bits per heavy atom. The van der Waals surface area contributed by atoms with E-state index in [-0.39, 0.29) is 11.7 Å². The third-order valence-electron chi connectivity index (χ3n) is 3.09. The number of carbonyl (C=O) groups excluding carboxylic acids is 1. The van der Waals surface area contributed by atoms with Crippen LogP contribution in [-0.4, -0.2) is 27.7 Å². The summed E-state index contributed by atoms with van der Waals surface area (Å²) in [5.41, 5.74) is 0.691. The van der Waals surface area contributed by atoms with Crippen LogP contribution in [0.15, 0.2) is 24.3 Å². The molecule has 2 aromatic rings. The molecule has 1 aromatic carbocycles. The van der Waals surface area contributed by atoms with E-state index in [4.69, 9.17) is 4.74 Å². The molecule has 104 valence electrons. The lowest BCUT2D eigenvalue weighted by atomic mass is 10.3. The summed E-state index contributed by atoms with van der Waals surface area (Å²) in [6.45, 7) is 2.54. The lowest BCUT2D eigenvalue weighted by Gasteiger charge is -2.05. The van der Waals surface area contributed by atoms with Gasteiger partial charge in [-0.05, 0) is 44.0 Å². The minimum Gasteiger partial charge on any atom is -0.494 e. The molecule has 6 nitrogen and oxygen atoms in total. The van der Waals surface area contributed by atoms with Crippen LogP contribution in [0.25, 0.3) is 0 Å². The van der Waals surface area contributed by atoms with Crippen LogP contribution in [0.1, 0.15) is 42.1 Å². The molecule has 1 amide bonds. The summed E-state index contributed by atoms with van der Waals surface area (Å²) in [6, 6.07) is 7.20. The van der Waals surface area contributed by atoms with E-state index in [2.05, 4.69) is 20.5 Å². The van der Waals surface area contributed by atoms with Crippen molar-refractivity contribution in [3.05, 3.63) is 35.9 Å². The highest BCUT2D eigenvalue weighted by molar-refractivity contribution is 6.01. The largest absolute Gasteiger partial charge is 0.494 e. The maximum Gasteiger partial charge on any atom is 0.295 e. The fourth-order valence-corrected chi connectivity index (χ4v) is 1.90. The van der Waals surface area contributed by atoms with E-state index in [1.807, 2.05) is 19.1 Å². The highest BCUT2D eigenvalue weighted by atomic mass is 16.5. The van der Waals surface area contributed by atoms with Crippen molar-refractivity contribution in [2.75, 3.05) is 11.9 Å². The monoisotopic (exact) mass is 272 g/mol. The van der Waals surface area contributed by atoms with Crippen molar-refractivity contribution in [2.45, 2.75) is 25.7 Å². The number of aromatic nitrogens is 3. The molecule has 3 rings (SSSR count). The van der Waals surface area contributed by atoms with Crippen LogP contribution in [0.5, 0.6) is 5.75 Å². The molecule has 1 fully saturated rings. The molecule has 6 heteroatoms. The Labute approximate surface area is 116 Å². The van der Waals surface area contributed by atoms with E-state index in [1.165, 1.54) is 0 Å². The smallest absolute Gasteiger partial charge is 0.295 e. The third-order valence-corrected chi connectivity index (χ3v) is 3.09. The van der Waals surface area contributed by atoms with Crippen LogP contribution in [-0.2, 0) is 0 Å². The molecule has 2 N–H and O–H groups in total. The van der Waals surface area contributed by atoms with Crippen LogP contribution in [0.3, 0.4) is 0 Å². The van der Waals surface area contributed by atoms with Crippen molar-refractivity contribution >= 4 is 11.6 Å². The molecule has 1 heterocycles. The lowest BCUT2D eigenvalue weighted by Crippen LogP contribution is -2.13. The van der Waals surface area contributed by atoms with Gasteiger partial charge in [0.1, 0.15) is 11.6 Å². The summed E-state index contributed by atoms with van der Waals surface area (Å²) in [6.07, 6.45) is 2.24. The minimum atomic E-state index is -0.308. The van der Waals surface area contributed by atoms with E-state index in [9.17, 15) is 4.79 Å². The molecule has 1 aliphatic rings. The zero-order valence-corrected chi connectivity index (χ0v) is 11.2. The van der Waals surface area contributed by atoms with Crippen LogP contribution in [0, 0.1) is 0 Å². The van der Waals surface area contributed by atoms with Crippen molar-refractivity contribution in [3.63, 3.8) is 0 Å². The number of aromatic amines is 1. The number of amides is 1. The molecule has 0 atom stereocenters. The fourth-order valence-electron chi connectivity index (χ4n) is 1.90. The highest BCUT2D eigenvalue weighted by Gasteiger charge is 2.28. The van der Waals surface area contributed by atoms with Gasteiger partial charge in [-0.2, -0.15) is 0 Å². The van der Waals surface area contributed by atoms with Crippen molar-refractivity contribution in [2.24, 2.45) is 0 Å². The summed E-state index contributed by atoms with van der Waals surface area (Å²) < 4.78 is 5.34. The van der Waals surface area contributed by atoms with Gasteiger partial charge < -0.3 is 10.1 Å². The molecule has 0 radical (unpaired) electrons. The van der Waals surface area contributed by atoms with Gasteiger partial charge in [0.25, 0.3) is 5.91 Å². The van der Waals surface area contributed by atoms with E-state index < -0.39 is 0 Å². The molecular weight excluding hydrogens is 256 g/mol. The zero-order chi connectivity index (χ0) is 13.9. The number of benzene rings is 1. The third kappa shape index (κ3) is 2.79. The van der Waals surface area contributed by atoms with Crippen molar-refractivity contribution in [1.82, 2.24) is 15.2 Å². The van der Waals surface area contributed by atoms with E-state index in [1.54, 1.807) is 12.1 Å². The first-order valence-corrected chi connectivity index (χ1v) is 6.72. The van der Waals surface area contributed by atoms with E-state index in [0.29, 0.717) is 18.2 Å². The van der Waals surface area contributed by atoms with Crippen molar-refractivity contribution in [3.8, 4) is 5.75 Å². The first-order valence-electron chi connectivity index (χ1n) is 6.72. The highest BCUT2D eigenvalue weighted by Crippen LogP contribution is 2.37. The first-order chi connectivity index (χ1) is 9.76. The predicted octanol–water partition coefficient (Wildman–Crippen LogP) is 2.33. The standard InChI is InChI=1S/C14H16N4O2/c1-2-20-11-7-5-10(6-8-11)15-14(19)13-16-12(17-18-13)9-3-4-9/h5-9H,2-4H2,1H3,(H,15,19)(H,16,17,18). The van der Waals surface area contributed by atoms with Gasteiger partial charge in [0.05, 0.1) is 6.61 Å². The number of ether oxygens (including phenoxy) is 1. The molecule has 1 saturated carbocycles. The fraction of sp³-hybridized carbons (Fsp3) is 0.357. The number of nitrogens with one attached hydrogen (secondary N) is 2. The quantitative estimate of drug-likeness (QED) is 0.875. The molecule has 0 spiro atoms. The summed E-state index contributed by atoms with van der Waals surface area (Å²) in [4.78, 5) is 16.2. The van der Waals surface area contributed by atoms with Gasteiger partial charge in [-0.3, -0.25) is 9.89 Å². The number of H-pyrrole nitrogens is 1. The van der Waals surface area contributed by atoms with Gasteiger partial charge in [-0.15, -0.1) is 5.10 Å². The summed E-state index contributed by atoms with van der Waals surface area (Å²) in [5, 5.41) is 9.53. The van der Waals surface area contributed by atoms with Crippen molar-refractivity contribution < 1.29 is 9.53 Å². The molecule has 0 unspecified atom stereocenters. The average Bonchev–Trinajstić information content (AvgIpc) is 3.19. The number of nitrogens with zero attached hydrogens (tertiary/aromatic N) is 2. The van der Waals surface area contributed by atoms with Gasteiger partial charge in [0, 0.05) is 11.6 Å². The summed E-state index contributed by atoms with van der Waals surface area (Å²) >= 11 is 0. The van der Waals surface area contributed by atoms with Crippen LogP contribution >= 0.6 is 0 Å². The summed E-state index contributed by atoms with van der Waals surface area (Å²) in [5.74, 6) is 1.91. The number of hydrogen-bond acceptors (Lipinski definition) is 4. The van der Waals surface area contributed by atoms with E-state index >= 15 is 0 Å². The van der Waals surface area contributed by atoms with Gasteiger partial charge in [-0.1, -0.05) is 0 Å². The first kappa shape index (κ1) is 12.7. The van der Waals surface area contributed by atoms with Crippen molar-refractivity contribution in [1.29, 1.82) is 0 Å². The zero-order valence-electron chi connectivity index (χ0n) is 11.2. The van der Waals surface area contributed by atoms with Gasteiger partial charge >= 0.3 is 0 Å². The van der Waals surface area contributed by atoms with Gasteiger partial charge in [0.2, 0.25) is 5.82 Å². The molecule has 20 heavy (non-hydrogen) atoms. The molecule has 1 aliphatic carbocycles. The Morgan fingerprint density at radius 3 is 2.80 bits per heavy atom. The number of anilines is 1. The van der Waals surface area contributed by atoms with Gasteiger partial charge in [-0.25, -0.2) is 4.98 Å². The summed E-state index contributed by atoms with van der Waals surface area (Å²) in [7, 11) is 0. The maximum atomic E-state index is 12.0. The average molecular weight is 272 g/mol. The second-order valence-electron chi connectivity index (χ2n) is 4.73. The number of hydrogen-bond donors (Lipinski definition) is 2. The second-order valence-corrected chi connectivity index (χ2v) is 4.73. The Bertz CT molecular complexity index is 602. The Hall–Kier alpha value is -2.37. The van der Waals surface area contributed by atoms with Crippen LogP contribution in [0.4, 0.5) is 5.69 Å². The SMILES string of the molecule is CCOc1ccc(NC(=O)c2n[nH]c(C3CC3)n2)cc1. The number of carbonyl (C=O) groups is 1. The lowest BCUT2D eigenvalue weighted by molar-refractivity contribution is 0.101. The van der Waals surface area contributed by atoms with E-state index in [0.717, 1.165) is 24.4 Å². The topological polar surface area (TPSA) is 79.9 Å². The second kappa shape index (κ2) is 5.32.